The van der Waals surface area contributed by atoms with Gasteiger partial charge in [0.05, 0.1) is 6.61 Å². The Morgan fingerprint density at radius 1 is 2.00 bits per heavy atom. The second-order valence-electron chi connectivity index (χ2n) is 1.45. The van der Waals surface area contributed by atoms with E-state index in [4.69, 9.17) is 0 Å². The van der Waals surface area contributed by atoms with Crippen molar-refractivity contribution in [3.63, 3.8) is 0 Å². The second-order valence-corrected chi connectivity index (χ2v) is 1.78. The Hall–Kier alpha value is 0.0600. The summed E-state index contributed by atoms with van der Waals surface area (Å²) < 4.78 is 4.58. The Labute approximate surface area is 45.5 Å². The van der Waals surface area contributed by atoms with Crippen molar-refractivity contribution in [3.05, 3.63) is 0 Å². The molecule has 0 saturated heterocycles. The van der Waals surface area contributed by atoms with Gasteiger partial charge in [0.2, 0.25) is 0 Å². The van der Waals surface area contributed by atoms with Crippen molar-refractivity contribution < 1.29 is 9.32 Å². The molecule has 0 spiro atoms. The fraction of sp³-hybridized carbons (Fsp3) is 0.750. The number of carbonyl (C=O) groups excluding carboxylic acids is 1. The van der Waals surface area contributed by atoms with E-state index in [0.717, 1.165) is 6.29 Å². The van der Waals surface area contributed by atoms with Crippen LogP contribution in [-0.2, 0) is 9.32 Å². The summed E-state index contributed by atoms with van der Waals surface area (Å²) in [6.07, 6.45) is 0.865. The summed E-state index contributed by atoms with van der Waals surface area (Å²) in [5.41, 5.74) is 0. The van der Waals surface area contributed by atoms with Gasteiger partial charge in [-0.2, -0.15) is 0 Å². The maximum Gasteiger partial charge on any atom is 0.125 e. The Morgan fingerprint density at radius 3 is 2.71 bits per heavy atom. The molecular formula is C4H9O2P. The zero-order valence-electron chi connectivity index (χ0n) is 4.26. The first kappa shape index (κ1) is 7.06. The maximum absolute atomic E-state index is 9.81. The van der Waals surface area contributed by atoms with Crippen LogP contribution in [0.5, 0.6) is 0 Å². The van der Waals surface area contributed by atoms with Crippen molar-refractivity contribution in [2.75, 3.05) is 6.61 Å². The van der Waals surface area contributed by atoms with E-state index in [1.165, 1.54) is 0 Å². The average molecular weight is 120 g/mol. The summed E-state index contributed by atoms with van der Waals surface area (Å²) in [6, 6.07) is 0. The monoisotopic (exact) mass is 120 g/mol. The van der Waals surface area contributed by atoms with Crippen LogP contribution in [0, 0.1) is 5.92 Å². The maximum atomic E-state index is 9.81. The third kappa shape index (κ3) is 3.90. The molecular weight excluding hydrogens is 111 g/mol. The lowest BCUT2D eigenvalue weighted by Gasteiger charge is -1.96. The highest BCUT2D eigenvalue weighted by molar-refractivity contribution is 7.09. The molecule has 0 rings (SSSR count). The summed E-state index contributed by atoms with van der Waals surface area (Å²) in [7, 11) is 2.09. The van der Waals surface area contributed by atoms with Crippen molar-refractivity contribution in [1.29, 1.82) is 0 Å². The van der Waals surface area contributed by atoms with E-state index < -0.39 is 0 Å². The lowest BCUT2D eigenvalue weighted by molar-refractivity contribution is -0.111. The van der Waals surface area contributed by atoms with E-state index in [9.17, 15) is 4.79 Å². The van der Waals surface area contributed by atoms with E-state index >= 15 is 0 Å². The molecule has 3 heteroatoms. The average Bonchev–Trinajstić information content (AvgIpc) is 1.68. The van der Waals surface area contributed by atoms with Crippen molar-refractivity contribution in [1.82, 2.24) is 0 Å². The van der Waals surface area contributed by atoms with Crippen LogP contribution < -0.4 is 0 Å². The number of aldehydes is 1. The smallest absolute Gasteiger partial charge is 0.125 e. The molecule has 0 amide bonds. The molecule has 0 N–H and O–H groups in total. The third-order valence-electron chi connectivity index (χ3n) is 0.591. The van der Waals surface area contributed by atoms with Crippen molar-refractivity contribution in [2.45, 2.75) is 6.92 Å². The number of carbonyl (C=O) groups is 1. The lowest BCUT2D eigenvalue weighted by Crippen LogP contribution is -2.00. The van der Waals surface area contributed by atoms with Crippen LogP contribution in [0.3, 0.4) is 0 Å². The Morgan fingerprint density at radius 2 is 2.57 bits per heavy atom. The molecule has 42 valence electrons. The van der Waals surface area contributed by atoms with Gasteiger partial charge in [-0.25, -0.2) is 0 Å². The second kappa shape index (κ2) is 4.23. The molecule has 7 heavy (non-hydrogen) atoms. The van der Waals surface area contributed by atoms with E-state index in [-0.39, 0.29) is 5.92 Å². The molecule has 2 atom stereocenters. The lowest BCUT2D eigenvalue weighted by atomic mass is 10.2. The summed E-state index contributed by atoms with van der Waals surface area (Å²) in [6.45, 7) is 2.30. The minimum Gasteiger partial charge on any atom is -0.365 e. The molecule has 0 saturated carbocycles. The molecule has 0 radical (unpaired) electrons. The zero-order valence-corrected chi connectivity index (χ0v) is 5.41. The minimum absolute atomic E-state index is 0.0255. The zero-order chi connectivity index (χ0) is 5.70. The van der Waals surface area contributed by atoms with E-state index in [2.05, 4.69) is 14.0 Å². The van der Waals surface area contributed by atoms with Gasteiger partial charge >= 0.3 is 0 Å². The van der Waals surface area contributed by atoms with Crippen LogP contribution in [0.2, 0.25) is 0 Å². The number of hydrogen-bond acceptors (Lipinski definition) is 2. The number of hydrogen-bond donors (Lipinski definition) is 0. The van der Waals surface area contributed by atoms with Crippen LogP contribution in [0.1, 0.15) is 6.92 Å². The summed E-state index contributed by atoms with van der Waals surface area (Å²) in [5.74, 6) is 0.0255. The van der Waals surface area contributed by atoms with Crippen LogP contribution in [0.15, 0.2) is 0 Å². The highest BCUT2D eigenvalue weighted by Gasteiger charge is 1.94. The van der Waals surface area contributed by atoms with Crippen molar-refractivity contribution >= 4 is 15.8 Å². The Bertz CT molecular complexity index is 55.7. The molecule has 0 bridgehead atoms. The summed E-state index contributed by atoms with van der Waals surface area (Å²) >= 11 is 0. The molecule has 0 aliphatic carbocycles. The molecule has 0 aromatic carbocycles. The quantitative estimate of drug-likeness (QED) is 0.403. The van der Waals surface area contributed by atoms with E-state index in [1.807, 2.05) is 0 Å². The van der Waals surface area contributed by atoms with Gasteiger partial charge in [-0.05, 0) is 0 Å². The standard InChI is InChI=1S/C4H9O2P/c1-4(2-5)3-6-7/h2,4H,3,7H2,1H3/t4-/m1/s1. The van der Waals surface area contributed by atoms with Crippen LogP contribution >= 0.6 is 9.47 Å². The molecule has 0 aromatic rings. The molecule has 1 unspecified atom stereocenters. The van der Waals surface area contributed by atoms with Crippen molar-refractivity contribution in [2.24, 2.45) is 5.92 Å². The third-order valence-corrected chi connectivity index (χ3v) is 0.784. The van der Waals surface area contributed by atoms with Gasteiger partial charge in [0.1, 0.15) is 6.29 Å². The first-order valence-electron chi connectivity index (χ1n) is 2.08. The summed E-state index contributed by atoms with van der Waals surface area (Å²) in [5, 5.41) is 0. The molecule has 0 heterocycles. The normalized spacial score (nSPS) is 13.4. The van der Waals surface area contributed by atoms with Gasteiger partial charge < -0.3 is 9.32 Å². The molecule has 0 aliphatic rings. The largest absolute Gasteiger partial charge is 0.365 e. The van der Waals surface area contributed by atoms with Crippen LogP contribution in [0.4, 0.5) is 0 Å². The molecule has 2 nitrogen and oxygen atoms in total. The number of rotatable bonds is 3. The highest BCUT2D eigenvalue weighted by atomic mass is 31.0. The van der Waals surface area contributed by atoms with Crippen molar-refractivity contribution in [3.8, 4) is 0 Å². The molecule has 0 aliphatic heterocycles. The fourth-order valence-corrected chi connectivity index (χ4v) is 0.495. The summed E-state index contributed by atoms with van der Waals surface area (Å²) in [4.78, 5) is 9.81. The van der Waals surface area contributed by atoms with Gasteiger partial charge in [0.15, 0.2) is 0 Å². The first-order valence-corrected chi connectivity index (χ1v) is 2.55. The minimum atomic E-state index is 0.0255. The Kier molecular flexibility index (Phi) is 4.26. The topological polar surface area (TPSA) is 26.3 Å². The van der Waals surface area contributed by atoms with Gasteiger partial charge in [-0.3, -0.25) is 0 Å². The van der Waals surface area contributed by atoms with E-state index in [1.54, 1.807) is 6.92 Å². The van der Waals surface area contributed by atoms with Gasteiger partial charge in [-0.15, -0.1) is 0 Å². The molecule has 0 fully saturated rings. The van der Waals surface area contributed by atoms with Gasteiger partial charge in [0, 0.05) is 15.4 Å². The highest BCUT2D eigenvalue weighted by Crippen LogP contribution is 1.93. The van der Waals surface area contributed by atoms with Gasteiger partial charge in [-0.1, -0.05) is 6.92 Å². The molecule has 0 aromatic heterocycles. The Balaban J connectivity index is 2.98. The fourth-order valence-electron chi connectivity index (χ4n) is 0.191. The SMILES string of the molecule is C[C@H](C=O)COP. The van der Waals surface area contributed by atoms with Crippen LogP contribution in [0.25, 0.3) is 0 Å². The predicted molar refractivity (Wildman–Crippen MR) is 30.9 cm³/mol. The van der Waals surface area contributed by atoms with E-state index in [0.29, 0.717) is 6.61 Å². The van der Waals surface area contributed by atoms with Crippen LogP contribution in [-0.4, -0.2) is 12.9 Å². The first-order chi connectivity index (χ1) is 3.31. The van der Waals surface area contributed by atoms with Gasteiger partial charge in [0.25, 0.3) is 0 Å². The predicted octanol–water partition coefficient (Wildman–Crippen LogP) is 0.628.